The molecule has 0 amide bonds. The molecule has 0 saturated carbocycles. The summed E-state index contributed by atoms with van der Waals surface area (Å²) in [4.78, 5) is 0. The lowest BCUT2D eigenvalue weighted by atomic mass is 10.1. The summed E-state index contributed by atoms with van der Waals surface area (Å²) in [6.07, 6.45) is 1.85. The lowest BCUT2D eigenvalue weighted by Crippen LogP contribution is -2.08. The highest BCUT2D eigenvalue weighted by Crippen LogP contribution is 2.25. The van der Waals surface area contributed by atoms with Crippen LogP contribution in [-0.4, -0.2) is 21.9 Å². The van der Waals surface area contributed by atoms with Crippen LogP contribution >= 0.6 is 11.8 Å². The first-order valence-electron chi connectivity index (χ1n) is 9.10. The Morgan fingerprint density at radius 2 is 1.96 bits per heavy atom. The second-order valence-electron chi connectivity index (χ2n) is 6.43. The average molecular weight is 396 g/mol. The largest absolute Gasteiger partial charge is 0.497 e. The number of aryl methyl sites for hydroxylation is 1. The first-order valence-corrected chi connectivity index (χ1v) is 10.1. The van der Waals surface area contributed by atoms with E-state index in [1.165, 1.54) is 11.1 Å². The Hall–Kier alpha value is -2.73. The summed E-state index contributed by atoms with van der Waals surface area (Å²) in [7, 11) is 1.68. The number of ether oxygens (including phenoxy) is 2. The van der Waals surface area contributed by atoms with Crippen LogP contribution in [0.2, 0.25) is 0 Å². The minimum absolute atomic E-state index is 0.366. The van der Waals surface area contributed by atoms with E-state index in [1.54, 1.807) is 18.9 Å². The number of hydrogen-bond acceptors (Lipinski definition) is 5. The summed E-state index contributed by atoms with van der Waals surface area (Å²) in [6.45, 7) is 9.01. The number of methoxy groups -OCH3 is 1. The average Bonchev–Trinajstić information content (AvgIpc) is 3.09. The topological polar surface area (TPSA) is 49.2 Å². The Kier molecular flexibility index (Phi) is 6.76. The zero-order valence-corrected chi connectivity index (χ0v) is 17.3. The number of thioether (sulfide) groups is 1. The van der Waals surface area contributed by atoms with E-state index in [9.17, 15) is 0 Å². The van der Waals surface area contributed by atoms with Gasteiger partial charge in [0.1, 0.15) is 18.1 Å². The predicted octanol–water partition coefficient (Wildman–Crippen LogP) is 4.96. The molecule has 5 nitrogen and oxygen atoms in total. The van der Waals surface area contributed by atoms with E-state index in [0.29, 0.717) is 13.2 Å². The van der Waals surface area contributed by atoms with E-state index in [-0.39, 0.29) is 0 Å². The Bertz CT molecular complexity index is 953. The van der Waals surface area contributed by atoms with Crippen molar-refractivity contribution in [1.29, 1.82) is 0 Å². The van der Waals surface area contributed by atoms with Crippen molar-refractivity contribution in [1.82, 2.24) is 14.8 Å². The first kappa shape index (κ1) is 20.0. The smallest absolute Gasteiger partial charge is 0.191 e. The lowest BCUT2D eigenvalue weighted by Gasteiger charge is -2.12. The first-order chi connectivity index (χ1) is 13.6. The third-order valence-electron chi connectivity index (χ3n) is 4.52. The fourth-order valence-corrected chi connectivity index (χ4v) is 3.69. The Labute approximate surface area is 170 Å². The maximum atomic E-state index is 6.01. The number of aromatic nitrogens is 3. The molecule has 2 aromatic carbocycles. The van der Waals surface area contributed by atoms with E-state index in [0.717, 1.165) is 33.8 Å². The number of rotatable bonds is 9. The standard InChI is InChI=1S/C22H25N3O2S/c1-5-12-25-21(14-27-20-11-6-8-16(2)17(20)3)23-24-22(25)28-15-18-9-7-10-19(13-18)26-4/h5-11,13H,1,12,14-15H2,2-4H3. The van der Waals surface area contributed by atoms with Gasteiger partial charge in [0.15, 0.2) is 11.0 Å². The van der Waals surface area contributed by atoms with Crippen molar-refractivity contribution in [3.05, 3.63) is 77.6 Å². The van der Waals surface area contributed by atoms with Crippen molar-refractivity contribution in [2.24, 2.45) is 0 Å². The lowest BCUT2D eigenvalue weighted by molar-refractivity contribution is 0.287. The highest BCUT2D eigenvalue weighted by atomic mass is 32.2. The van der Waals surface area contributed by atoms with Gasteiger partial charge in [0.2, 0.25) is 0 Å². The molecule has 0 N–H and O–H groups in total. The van der Waals surface area contributed by atoms with Crippen molar-refractivity contribution in [2.75, 3.05) is 7.11 Å². The molecule has 146 valence electrons. The quantitative estimate of drug-likeness (QED) is 0.378. The van der Waals surface area contributed by atoms with Gasteiger partial charge in [0.05, 0.1) is 7.11 Å². The summed E-state index contributed by atoms with van der Waals surface area (Å²) >= 11 is 1.64. The summed E-state index contributed by atoms with van der Waals surface area (Å²) in [5, 5.41) is 9.55. The van der Waals surface area contributed by atoms with Gasteiger partial charge in [0.25, 0.3) is 0 Å². The van der Waals surface area contributed by atoms with Crippen LogP contribution < -0.4 is 9.47 Å². The Balaban J connectivity index is 1.71. The Morgan fingerprint density at radius 1 is 1.14 bits per heavy atom. The highest BCUT2D eigenvalue weighted by Gasteiger charge is 2.13. The predicted molar refractivity (Wildman–Crippen MR) is 113 cm³/mol. The molecule has 3 aromatic rings. The molecule has 1 aromatic heterocycles. The van der Waals surface area contributed by atoms with E-state index >= 15 is 0 Å². The van der Waals surface area contributed by atoms with E-state index in [1.807, 2.05) is 41.0 Å². The summed E-state index contributed by atoms with van der Waals surface area (Å²) < 4.78 is 13.4. The molecule has 0 spiro atoms. The SMILES string of the molecule is C=CCn1c(COc2cccc(C)c2C)nnc1SCc1cccc(OC)c1. The third kappa shape index (κ3) is 4.75. The molecule has 0 saturated heterocycles. The van der Waals surface area contributed by atoms with Gasteiger partial charge in [-0.3, -0.25) is 4.57 Å². The van der Waals surface area contributed by atoms with Gasteiger partial charge < -0.3 is 9.47 Å². The van der Waals surface area contributed by atoms with Gasteiger partial charge in [-0.05, 0) is 48.7 Å². The van der Waals surface area contributed by atoms with Crippen molar-refractivity contribution in [3.8, 4) is 11.5 Å². The van der Waals surface area contributed by atoms with Gasteiger partial charge in [-0.2, -0.15) is 0 Å². The Morgan fingerprint density at radius 3 is 2.75 bits per heavy atom. The highest BCUT2D eigenvalue weighted by molar-refractivity contribution is 7.98. The molecular formula is C22H25N3O2S. The number of hydrogen-bond donors (Lipinski definition) is 0. The van der Waals surface area contributed by atoms with Gasteiger partial charge in [-0.25, -0.2) is 0 Å². The molecule has 28 heavy (non-hydrogen) atoms. The molecule has 0 aliphatic rings. The van der Waals surface area contributed by atoms with Crippen LogP contribution in [-0.2, 0) is 18.9 Å². The minimum Gasteiger partial charge on any atom is -0.497 e. The second-order valence-corrected chi connectivity index (χ2v) is 7.37. The fraction of sp³-hybridized carbons (Fsp3) is 0.273. The zero-order chi connectivity index (χ0) is 19.9. The van der Waals surface area contributed by atoms with E-state index < -0.39 is 0 Å². The molecule has 6 heteroatoms. The van der Waals surface area contributed by atoms with Gasteiger partial charge in [-0.15, -0.1) is 16.8 Å². The van der Waals surface area contributed by atoms with Crippen molar-refractivity contribution < 1.29 is 9.47 Å². The molecule has 1 heterocycles. The van der Waals surface area contributed by atoms with Crippen molar-refractivity contribution in [2.45, 2.75) is 37.9 Å². The van der Waals surface area contributed by atoms with Crippen LogP contribution in [0.5, 0.6) is 11.5 Å². The molecular weight excluding hydrogens is 370 g/mol. The molecule has 0 aliphatic heterocycles. The molecule has 3 rings (SSSR count). The maximum absolute atomic E-state index is 6.01. The maximum Gasteiger partial charge on any atom is 0.191 e. The number of nitrogens with zero attached hydrogens (tertiary/aromatic N) is 3. The summed E-state index contributed by atoms with van der Waals surface area (Å²) in [5.74, 6) is 3.30. The normalized spacial score (nSPS) is 10.7. The number of allylic oxidation sites excluding steroid dienone is 1. The fourth-order valence-electron chi connectivity index (χ4n) is 2.78. The molecule has 0 fully saturated rings. The monoisotopic (exact) mass is 395 g/mol. The molecule has 0 radical (unpaired) electrons. The van der Waals surface area contributed by atoms with Crippen LogP contribution in [0.15, 0.2) is 60.3 Å². The summed E-state index contributed by atoms with van der Waals surface area (Å²) in [6, 6.07) is 14.1. The zero-order valence-electron chi connectivity index (χ0n) is 16.5. The van der Waals surface area contributed by atoms with Crippen LogP contribution in [0.3, 0.4) is 0 Å². The third-order valence-corrected chi connectivity index (χ3v) is 5.56. The van der Waals surface area contributed by atoms with E-state index in [2.05, 4.69) is 42.8 Å². The van der Waals surface area contributed by atoms with Crippen molar-refractivity contribution >= 4 is 11.8 Å². The van der Waals surface area contributed by atoms with Crippen LogP contribution in [0.1, 0.15) is 22.5 Å². The second kappa shape index (κ2) is 9.46. The van der Waals surface area contributed by atoms with Crippen LogP contribution in [0.25, 0.3) is 0 Å². The van der Waals surface area contributed by atoms with Crippen molar-refractivity contribution in [3.63, 3.8) is 0 Å². The van der Waals surface area contributed by atoms with Gasteiger partial charge >= 0.3 is 0 Å². The van der Waals surface area contributed by atoms with Gasteiger partial charge in [-0.1, -0.05) is 42.1 Å². The summed E-state index contributed by atoms with van der Waals surface area (Å²) in [5.41, 5.74) is 3.52. The molecule has 0 aliphatic carbocycles. The molecule has 0 bridgehead atoms. The van der Waals surface area contributed by atoms with E-state index in [4.69, 9.17) is 9.47 Å². The molecule has 0 atom stereocenters. The number of benzene rings is 2. The van der Waals surface area contributed by atoms with Crippen LogP contribution in [0, 0.1) is 13.8 Å². The van der Waals surface area contributed by atoms with Crippen LogP contribution in [0.4, 0.5) is 0 Å². The van der Waals surface area contributed by atoms with Gasteiger partial charge in [0, 0.05) is 12.3 Å². The minimum atomic E-state index is 0.366. The molecule has 0 unspecified atom stereocenters.